The molecule has 0 bridgehead atoms. The van der Waals surface area contributed by atoms with Crippen LogP contribution in [0.25, 0.3) is 0 Å². The maximum Gasteiger partial charge on any atom is 0.284 e. The summed E-state index contributed by atoms with van der Waals surface area (Å²) in [5.41, 5.74) is 5.48. The highest BCUT2D eigenvalue weighted by atomic mass is 127. The number of guanidine groups is 1. The van der Waals surface area contributed by atoms with E-state index in [1.807, 2.05) is 0 Å². The molecule has 1 heterocycles. The molecule has 0 saturated heterocycles. The van der Waals surface area contributed by atoms with Gasteiger partial charge in [0, 0.05) is 13.1 Å². The van der Waals surface area contributed by atoms with Gasteiger partial charge in [-0.05, 0) is 37.3 Å². The third-order valence-electron chi connectivity index (χ3n) is 3.27. The van der Waals surface area contributed by atoms with Gasteiger partial charge in [-0.15, -0.1) is 24.0 Å². The van der Waals surface area contributed by atoms with E-state index in [0.29, 0.717) is 29.7 Å². The maximum atomic E-state index is 11.0. The fourth-order valence-corrected chi connectivity index (χ4v) is 1.93. The number of nitrogens with two attached hydrogens (primary N) is 1. The summed E-state index contributed by atoms with van der Waals surface area (Å²) in [4.78, 5) is 15.2. The molecule has 1 amide bonds. The fraction of sp³-hybridized carbons (Fsp3) is 0.625. The van der Waals surface area contributed by atoms with Crippen LogP contribution in [0.2, 0.25) is 0 Å². The highest BCUT2D eigenvalue weighted by Gasteiger charge is 2.13. The number of carbonyl (C=O) groups is 1. The van der Waals surface area contributed by atoms with Crippen molar-refractivity contribution in [1.29, 1.82) is 0 Å². The molecule has 0 radical (unpaired) electrons. The molecule has 1 unspecified atom stereocenters. The van der Waals surface area contributed by atoms with Crippen molar-refractivity contribution in [3.63, 3.8) is 0 Å². The van der Waals surface area contributed by atoms with Crippen LogP contribution in [0, 0.1) is 5.41 Å². The number of amides is 1. The number of aliphatic imine (C=N–C) groups is 1. The highest BCUT2D eigenvalue weighted by molar-refractivity contribution is 14.0. The van der Waals surface area contributed by atoms with Crippen molar-refractivity contribution in [2.45, 2.75) is 53.1 Å². The number of nitrogens with one attached hydrogen (secondary N) is 2. The Morgan fingerprint density at radius 3 is 2.52 bits per heavy atom. The SMILES string of the molecule is CN=C(NCc1ccc(C(N)=O)o1)NC(C)CCC(C)(C)C.I. The Kier molecular flexibility index (Phi) is 9.26. The first-order chi connectivity index (χ1) is 10.2. The zero-order chi connectivity index (χ0) is 16.8. The van der Waals surface area contributed by atoms with Crippen molar-refractivity contribution >= 4 is 35.8 Å². The number of halogens is 1. The van der Waals surface area contributed by atoms with E-state index in [9.17, 15) is 4.79 Å². The van der Waals surface area contributed by atoms with E-state index in [4.69, 9.17) is 10.2 Å². The van der Waals surface area contributed by atoms with Crippen LogP contribution in [0.5, 0.6) is 0 Å². The first kappa shape index (κ1) is 21.8. The van der Waals surface area contributed by atoms with Crippen LogP contribution < -0.4 is 16.4 Å². The summed E-state index contributed by atoms with van der Waals surface area (Å²) in [5, 5.41) is 6.50. The molecular formula is C16H29IN4O2. The number of hydrogen-bond donors (Lipinski definition) is 3. The number of primary amides is 1. The van der Waals surface area contributed by atoms with Gasteiger partial charge in [0.15, 0.2) is 11.7 Å². The lowest BCUT2D eigenvalue weighted by molar-refractivity contribution is 0.0972. The molecule has 1 atom stereocenters. The molecule has 23 heavy (non-hydrogen) atoms. The topological polar surface area (TPSA) is 92.6 Å². The van der Waals surface area contributed by atoms with Crippen LogP contribution in [0.3, 0.4) is 0 Å². The van der Waals surface area contributed by atoms with Gasteiger partial charge < -0.3 is 20.8 Å². The Balaban J connectivity index is 0.00000484. The summed E-state index contributed by atoms with van der Waals surface area (Å²) < 4.78 is 5.32. The normalized spacial score (nSPS) is 13.2. The molecule has 4 N–H and O–H groups in total. The highest BCUT2D eigenvalue weighted by Crippen LogP contribution is 2.21. The monoisotopic (exact) mass is 436 g/mol. The Hall–Kier alpha value is -1.25. The lowest BCUT2D eigenvalue weighted by Gasteiger charge is -2.22. The van der Waals surface area contributed by atoms with Crippen molar-refractivity contribution in [3.05, 3.63) is 23.7 Å². The minimum Gasteiger partial charge on any atom is -0.454 e. The van der Waals surface area contributed by atoms with Crippen LogP contribution in [0.15, 0.2) is 21.5 Å². The van der Waals surface area contributed by atoms with Gasteiger partial charge in [0.05, 0.1) is 6.54 Å². The second kappa shape index (κ2) is 9.79. The second-order valence-electron chi connectivity index (χ2n) is 6.70. The number of carbonyl (C=O) groups excluding carboxylic acids is 1. The number of nitrogens with zero attached hydrogens (tertiary/aromatic N) is 1. The molecule has 0 saturated carbocycles. The van der Waals surface area contributed by atoms with Gasteiger partial charge in [-0.25, -0.2) is 0 Å². The summed E-state index contributed by atoms with van der Waals surface area (Å²) >= 11 is 0. The molecule has 1 aromatic rings. The van der Waals surface area contributed by atoms with E-state index in [2.05, 4.69) is 43.3 Å². The molecule has 6 nitrogen and oxygen atoms in total. The zero-order valence-electron chi connectivity index (χ0n) is 14.6. The minimum absolute atomic E-state index is 0. The summed E-state index contributed by atoms with van der Waals surface area (Å²) in [6, 6.07) is 3.62. The molecule has 132 valence electrons. The number of rotatable bonds is 6. The van der Waals surface area contributed by atoms with Gasteiger partial charge >= 0.3 is 0 Å². The van der Waals surface area contributed by atoms with Crippen LogP contribution in [-0.2, 0) is 6.54 Å². The Morgan fingerprint density at radius 1 is 1.39 bits per heavy atom. The average Bonchev–Trinajstić information content (AvgIpc) is 2.89. The molecule has 0 spiro atoms. The third kappa shape index (κ3) is 8.83. The summed E-state index contributed by atoms with van der Waals surface area (Å²) in [6.45, 7) is 9.29. The molecule has 1 rings (SSSR count). The van der Waals surface area contributed by atoms with Crippen LogP contribution in [0.1, 0.15) is 56.9 Å². The van der Waals surface area contributed by atoms with Crippen molar-refractivity contribution < 1.29 is 9.21 Å². The van der Waals surface area contributed by atoms with E-state index in [1.165, 1.54) is 0 Å². The van der Waals surface area contributed by atoms with E-state index >= 15 is 0 Å². The molecule has 0 aliphatic rings. The molecule has 0 fully saturated rings. The third-order valence-corrected chi connectivity index (χ3v) is 3.27. The van der Waals surface area contributed by atoms with Gasteiger partial charge in [-0.1, -0.05) is 20.8 Å². The van der Waals surface area contributed by atoms with Crippen molar-refractivity contribution in [2.75, 3.05) is 7.05 Å². The van der Waals surface area contributed by atoms with Crippen LogP contribution >= 0.6 is 24.0 Å². The predicted octanol–water partition coefficient (Wildman–Crippen LogP) is 2.88. The zero-order valence-corrected chi connectivity index (χ0v) is 16.9. The first-order valence-corrected chi connectivity index (χ1v) is 7.57. The molecular weight excluding hydrogens is 407 g/mol. The van der Waals surface area contributed by atoms with Gasteiger partial charge in [0.1, 0.15) is 5.76 Å². The Morgan fingerprint density at radius 2 is 2.04 bits per heavy atom. The van der Waals surface area contributed by atoms with Crippen molar-refractivity contribution in [1.82, 2.24) is 10.6 Å². The smallest absolute Gasteiger partial charge is 0.284 e. The average molecular weight is 436 g/mol. The van der Waals surface area contributed by atoms with E-state index in [1.54, 1.807) is 19.2 Å². The largest absolute Gasteiger partial charge is 0.454 e. The predicted molar refractivity (Wildman–Crippen MR) is 104 cm³/mol. The van der Waals surface area contributed by atoms with Gasteiger partial charge in [0.25, 0.3) is 5.91 Å². The molecule has 7 heteroatoms. The number of furan rings is 1. The quantitative estimate of drug-likeness (QED) is 0.363. The maximum absolute atomic E-state index is 11.0. The molecule has 0 aromatic carbocycles. The lowest BCUT2D eigenvalue weighted by atomic mass is 9.89. The Bertz CT molecular complexity index is 520. The van der Waals surface area contributed by atoms with Gasteiger partial charge in [-0.2, -0.15) is 0 Å². The Labute approximate surface area is 155 Å². The van der Waals surface area contributed by atoms with Crippen molar-refractivity contribution in [2.24, 2.45) is 16.1 Å². The second-order valence-corrected chi connectivity index (χ2v) is 6.70. The summed E-state index contributed by atoms with van der Waals surface area (Å²) in [5.74, 6) is 0.945. The fourth-order valence-electron chi connectivity index (χ4n) is 1.93. The summed E-state index contributed by atoms with van der Waals surface area (Å²) in [7, 11) is 1.72. The van der Waals surface area contributed by atoms with Gasteiger partial charge in [-0.3, -0.25) is 9.79 Å². The minimum atomic E-state index is -0.565. The van der Waals surface area contributed by atoms with E-state index in [-0.39, 0.29) is 29.7 Å². The number of hydrogen-bond acceptors (Lipinski definition) is 3. The van der Waals surface area contributed by atoms with Crippen molar-refractivity contribution in [3.8, 4) is 0 Å². The summed E-state index contributed by atoms with van der Waals surface area (Å²) in [6.07, 6.45) is 2.20. The van der Waals surface area contributed by atoms with Gasteiger partial charge in [0.2, 0.25) is 0 Å². The van der Waals surface area contributed by atoms with Crippen LogP contribution in [-0.4, -0.2) is 25.0 Å². The molecule has 0 aliphatic heterocycles. The molecule has 0 aliphatic carbocycles. The van der Waals surface area contributed by atoms with E-state index in [0.717, 1.165) is 12.8 Å². The lowest BCUT2D eigenvalue weighted by Crippen LogP contribution is -2.42. The molecule has 1 aromatic heterocycles. The van der Waals surface area contributed by atoms with Crippen LogP contribution in [0.4, 0.5) is 0 Å². The first-order valence-electron chi connectivity index (χ1n) is 7.57. The standard InChI is InChI=1S/C16H28N4O2.HI/c1-11(8-9-16(2,3)4)20-15(18-5)19-10-12-6-7-13(22-12)14(17)21;/h6-7,11H,8-10H2,1-5H3,(H2,17,21)(H2,18,19,20);1H. The van der Waals surface area contributed by atoms with E-state index < -0.39 is 5.91 Å².